The zero-order valence-corrected chi connectivity index (χ0v) is 17.6. The fraction of sp³-hybridized carbons (Fsp3) is 0.476. The number of carbonyl (C=O) groups is 1. The molecule has 0 spiro atoms. The fourth-order valence-electron chi connectivity index (χ4n) is 3.35. The average Bonchev–Trinajstić information content (AvgIpc) is 3.21. The van der Waals surface area contributed by atoms with Gasteiger partial charge in [-0.3, -0.25) is 4.79 Å². The second-order valence-corrected chi connectivity index (χ2v) is 8.00. The van der Waals surface area contributed by atoms with Crippen molar-refractivity contribution in [2.45, 2.75) is 51.4 Å². The van der Waals surface area contributed by atoms with E-state index in [1.54, 1.807) is 6.92 Å². The Morgan fingerprint density at radius 2 is 2.00 bits per heavy atom. The standard InChI is InChI=1S/C21H23F3N4O4/c1-11-25-13(10-15(29)27-21(2)6-7-21)16(20-30-8-9-31-20)19(26-11)28-32-14-5-3-4-12(17(14)22)18(23)24/h3-5,18,20H,6-10H2,1-2H3,(H,27,29)(H,25,26,28). The Morgan fingerprint density at radius 3 is 2.66 bits per heavy atom. The molecular weight excluding hydrogens is 429 g/mol. The van der Waals surface area contributed by atoms with E-state index in [9.17, 15) is 18.0 Å². The van der Waals surface area contributed by atoms with Gasteiger partial charge in [0.1, 0.15) is 5.82 Å². The summed E-state index contributed by atoms with van der Waals surface area (Å²) in [6, 6.07) is 3.44. The van der Waals surface area contributed by atoms with E-state index < -0.39 is 29.8 Å². The maximum Gasteiger partial charge on any atom is 0.266 e. The lowest BCUT2D eigenvalue weighted by Crippen LogP contribution is -2.36. The van der Waals surface area contributed by atoms with Crippen molar-refractivity contribution in [1.82, 2.24) is 15.3 Å². The normalized spacial score (nSPS) is 17.4. The van der Waals surface area contributed by atoms with Gasteiger partial charge in [-0.25, -0.2) is 28.6 Å². The van der Waals surface area contributed by atoms with Crippen LogP contribution in [0.2, 0.25) is 0 Å². The van der Waals surface area contributed by atoms with E-state index in [1.165, 1.54) is 12.1 Å². The quantitative estimate of drug-likeness (QED) is 0.592. The number of aryl methyl sites for hydroxylation is 1. The third-order valence-electron chi connectivity index (χ3n) is 5.25. The Bertz CT molecular complexity index is 1010. The van der Waals surface area contributed by atoms with E-state index in [-0.39, 0.29) is 23.7 Å². The van der Waals surface area contributed by atoms with Crippen LogP contribution in [-0.2, 0) is 20.7 Å². The first-order valence-corrected chi connectivity index (χ1v) is 10.2. The minimum Gasteiger partial charge on any atom is -0.378 e. The second kappa shape index (κ2) is 8.91. The Morgan fingerprint density at radius 1 is 1.28 bits per heavy atom. The molecule has 2 aliphatic rings. The molecule has 1 aliphatic heterocycles. The number of rotatable bonds is 8. The van der Waals surface area contributed by atoms with Gasteiger partial charge in [0.2, 0.25) is 5.91 Å². The van der Waals surface area contributed by atoms with Gasteiger partial charge >= 0.3 is 0 Å². The molecule has 0 bridgehead atoms. The molecule has 1 aliphatic carbocycles. The van der Waals surface area contributed by atoms with E-state index in [2.05, 4.69) is 20.8 Å². The van der Waals surface area contributed by atoms with Gasteiger partial charge in [0.25, 0.3) is 6.43 Å². The van der Waals surface area contributed by atoms with E-state index in [0.717, 1.165) is 18.9 Å². The first kappa shape index (κ1) is 22.3. The van der Waals surface area contributed by atoms with Gasteiger partial charge in [0, 0.05) is 5.54 Å². The number of amides is 1. The summed E-state index contributed by atoms with van der Waals surface area (Å²) in [7, 11) is 0. The molecule has 0 unspecified atom stereocenters. The Labute approximate surface area is 182 Å². The third-order valence-corrected chi connectivity index (χ3v) is 5.25. The summed E-state index contributed by atoms with van der Waals surface area (Å²) >= 11 is 0. The first-order valence-electron chi connectivity index (χ1n) is 10.2. The van der Waals surface area contributed by atoms with Crippen molar-refractivity contribution in [3.8, 4) is 5.75 Å². The number of anilines is 1. The maximum atomic E-state index is 14.3. The van der Waals surface area contributed by atoms with Crippen molar-refractivity contribution in [2.75, 3.05) is 18.7 Å². The second-order valence-electron chi connectivity index (χ2n) is 8.00. The van der Waals surface area contributed by atoms with Crippen LogP contribution in [0.25, 0.3) is 0 Å². The largest absolute Gasteiger partial charge is 0.378 e. The van der Waals surface area contributed by atoms with Crippen molar-refractivity contribution in [3.63, 3.8) is 0 Å². The number of benzene rings is 1. The lowest BCUT2D eigenvalue weighted by atomic mass is 10.1. The van der Waals surface area contributed by atoms with Gasteiger partial charge in [-0.15, -0.1) is 0 Å². The van der Waals surface area contributed by atoms with E-state index >= 15 is 0 Å². The molecule has 2 aromatic rings. The highest BCUT2D eigenvalue weighted by atomic mass is 19.3. The van der Waals surface area contributed by atoms with Crippen molar-refractivity contribution < 1.29 is 32.3 Å². The number of carbonyl (C=O) groups excluding carboxylic acids is 1. The molecule has 4 rings (SSSR count). The maximum absolute atomic E-state index is 14.3. The molecule has 11 heteroatoms. The minimum atomic E-state index is -2.99. The van der Waals surface area contributed by atoms with Crippen LogP contribution in [0.5, 0.6) is 5.75 Å². The zero-order chi connectivity index (χ0) is 22.9. The lowest BCUT2D eigenvalue weighted by molar-refractivity contribution is -0.121. The minimum absolute atomic E-state index is 0.0542. The summed E-state index contributed by atoms with van der Waals surface area (Å²) in [5.41, 5.74) is 2.21. The highest BCUT2D eigenvalue weighted by molar-refractivity contribution is 5.80. The SMILES string of the molecule is Cc1nc(CC(=O)NC2(C)CC2)c(C2OCCO2)c(NOc2cccc(C(F)F)c2F)n1. The van der Waals surface area contributed by atoms with Gasteiger partial charge in [0.05, 0.1) is 36.5 Å². The van der Waals surface area contributed by atoms with Gasteiger partial charge in [0.15, 0.2) is 23.7 Å². The monoisotopic (exact) mass is 452 g/mol. The van der Waals surface area contributed by atoms with Crippen LogP contribution in [0.4, 0.5) is 19.0 Å². The molecule has 172 valence electrons. The van der Waals surface area contributed by atoms with Crippen LogP contribution in [0, 0.1) is 12.7 Å². The molecule has 1 saturated carbocycles. The number of nitrogens with zero attached hydrogens (tertiary/aromatic N) is 2. The number of halogens is 3. The Balaban J connectivity index is 1.61. The number of nitrogens with one attached hydrogen (secondary N) is 2. The third kappa shape index (κ3) is 4.94. The number of aromatic nitrogens is 2. The van der Waals surface area contributed by atoms with Gasteiger partial charge < -0.3 is 19.6 Å². The molecule has 1 aromatic heterocycles. The van der Waals surface area contributed by atoms with Crippen LogP contribution in [0.3, 0.4) is 0 Å². The first-order chi connectivity index (χ1) is 15.3. The summed E-state index contributed by atoms with van der Waals surface area (Å²) < 4.78 is 51.5. The number of alkyl halides is 2. The van der Waals surface area contributed by atoms with Crippen LogP contribution in [0.1, 0.15) is 55.1 Å². The predicted octanol–water partition coefficient (Wildman–Crippen LogP) is 3.52. The van der Waals surface area contributed by atoms with Crippen LogP contribution < -0.4 is 15.6 Å². The van der Waals surface area contributed by atoms with E-state index in [4.69, 9.17) is 14.3 Å². The molecule has 2 heterocycles. The summed E-state index contributed by atoms with van der Waals surface area (Å²) in [4.78, 5) is 26.5. The highest BCUT2D eigenvalue weighted by Crippen LogP contribution is 2.35. The Hall–Kier alpha value is -2.92. The summed E-state index contributed by atoms with van der Waals surface area (Å²) in [5.74, 6) is -1.43. The average molecular weight is 452 g/mol. The van der Waals surface area contributed by atoms with E-state index in [1.807, 2.05) is 6.92 Å². The number of hydrogen-bond donors (Lipinski definition) is 2. The van der Waals surface area contributed by atoms with Crippen molar-refractivity contribution >= 4 is 11.7 Å². The van der Waals surface area contributed by atoms with Crippen LogP contribution >= 0.6 is 0 Å². The molecule has 8 nitrogen and oxygen atoms in total. The lowest BCUT2D eigenvalue weighted by Gasteiger charge is -2.20. The summed E-state index contributed by atoms with van der Waals surface area (Å²) in [6.45, 7) is 4.23. The zero-order valence-electron chi connectivity index (χ0n) is 17.6. The number of hydrogen-bond acceptors (Lipinski definition) is 7. The molecule has 0 atom stereocenters. The van der Waals surface area contributed by atoms with E-state index in [0.29, 0.717) is 30.3 Å². The smallest absolute Gasteiger partial charge is 0.266 e. The molecule has 2 fully saturated rings. The molecule has 0 radical (unpaired) electrons. The molecule has 32 heavy (non-hydrogen) atoms. The molecular formula is C21H23F3N4O4. The van der Waals surface area contributed by atoms with Crippen molar-refractivity contribution in [2.24, 2.45) is 0 Å². The van der Waals surface area contributed by atoms with Crippen molar-refractivity contribution in [3.05, 3.63) is 46.7 Å². The number of ether oxygens (including phenoxy) is 2. The summed E-state index contributed by atoms with van der Waals surface area (Å²) in [6.07, 6.45) is -2.09. The predicted molar refractivity (Wildman–Crippen MR) is 107 cm³/mol. The van der Waals surface area contributed by atoms with Crippen LogP contribution in [-0.4, -0.2) is 34.6 Å². The Kier molecular flexibility index (Phi) is 6.20. The molecule has 1 aromatic carbocycles. The van der Waals surface area contributed by atoms with Crippen LogP contribution in [0.15, 0.2) is 18.2 Å². The van der Waals surface area contributed by atoms with Gasteiger partial charge in [-0.05, 0) is 32.8 Å². The highest BCUT2D eigenvalue weighted by Gasteiger charge is 2.39. The molecule has 2 N–H and O–H groups in total. The fourth-order valence-corrected chi connectivity index (χ4v) is 3.35. The molecule has 1 saturated heterocycles. The molecule has 1 amide bonds. The van der Waals surface area contributed by atoms with Crippen molar-refractivity contribution in [1.29, 1.82) is 0 Å². The topological polar surface area (TPSA) is 94.6 Å². The summed E-state index contributed by atoms with van der Waals surface area (Å²) in [5, 5.41) is 2.96. The van der Waals surface area contributed by atoms with Gasteiger partial charge in [-0.2, -0.15) is 0 Å². The van der Waals surface area contributed by atoms with Gasteiger partial charge in [-0.1, -0.05) is 12.1 Å².